The minimum Gasteiger partial charge on any atom is -0.390 e. The van der Waals surface area contributed by atoms with Gasteiger partial charge in [0.25, 0.3) is 10.0 Å². The summed E-state index contributed by atoms with van der Waals surface area (Å²) in [4.78, 5) is -0.0886. The van der Waals surface area contributed by atoms with E-state index in [2.05, 4.69) is 0 Å². The lowest BCUT2D eigenvalue weighted by Crippen LogP contribution is -2.26. The van der Waals surface area contributed by atoms with Crippen LogP contribution in [0.25, 0.3) is 0 Å². The molecule has 0 bridgehead atoms. The standard InChI is InChI=1S/C13H13F2NO3S/c1-10-4-6-11(7-5-10)20(18,19)16-8-2-3-12(16)13(14,15)9-17/h2-8,17H,9H2,1H3. The fourth-order valence-electron chi connectivity index (χ4n) is 1.76. The molecule has 1 N–H and O–H groups in total. The van der Waals surface area contributed by atoms with Gasteiger partial charge in [-0.15, -0.1) is 0 Å². The number of hydrogen-bond acceptors (Lipinski definition) is 3. The summed E-state index contributed by atoms with van der Waals surface area (Å²) in [5, 5.41) is 8.70. The summed E-state index contributed by atoms with van der Waals surface area (Å²) in [6, 6.07) is 8.05. The van der Waals surface area contributed by atoms with E-state index in [0.717, 1.165) is 17.8 Å². The van der Waals surface area contributed by atoms with Crippen LogP contribution in [0.5, 0.6) is 0 Å². The van der Waals surface area contributed by atoms with Gasteiger partial charge in [-0.25, -0.2) is 12.4 Å². The Morgan fingerprint density at radius 3 is 2.35 bits per heavy atom. The van der Waals surface area contributed by atoms with Crippen molar-refractivity contribution in [2.75, 3.05) is 6.61 Å². The Morgan fingerprint density at radius 2 is 1.80 bits per heavy atom. The van der Waals surface area contributed by atoms with Crippen molar-refractivity contribution in [3.63, 3.8) is 0 Å². The van der Waals surface area contributed by atoms with Gasteiger partial charge in [-0.2, -0.15) is 8.78 Å². The number of benzene rings is 1. The highest BCUT2D eigenvalue weighted by Crippen LogP contribution is 2.30. The SMILES string of the molecule is Cc1ccc(S(=O)(=O)n2cccc2C(F)(F)CO)cc1. The van der Waals surface area contributed by atoms with Gasteiger partial charge >= 0.3 is 5.92 Å². The van der Waals surface area contributed by atoms with Gasteiger partial charge in [-0.1, -0.05) is 17.7 Å². The number of aryl methyl sites for hydroxylation is 1. The molecule has 0 aliphatic rings. The predicted molar refractivity (Wildman–Crippen MR) is 69.2 cm³/mol. The Kier molecular flexibility index (Phi) is 3.66. The van der Waals surface area contributed by atoms with E-state index in [-0.39, 0.29) is 4.90 Å². The molecule has 0 fully saturated rings. The first-order valence-corrected chi connectivity index (χ1v) is 7.22. The normalized spacial score (nSPS) is 12.6. The van der Waals surface area contributed by atoms with Crippen LogP contribution >= 0.6 is 0 Å². The molecule has 7 heteroatoms. The maximum atomic E-state index is 13.6. The fourth-order valence-corrected chi connectivity index (χ4v) is 3.15. The first kappa shape index (κ1) is 14.7. The molecule has 0 unspecified atom stereocenters. The van der Waals surface area contributed by atoms with Crippen molar-refractivity contribution in [2.24, 2.45) is 0 Å². The van der Waals surface area contributed by atoms with Crippen LogP contribution in [0.15, 0.2) is 47.5 Å². The van der Waals surface area contributed by atoms with E-state index in [9.17, 15) is 17.2 Å². The summed E-state index contributed by atoms with van der Waals surface area (Å²) in [5.74, 6) is -3.62. The topological polar surface area (TPSA) is 59.3 Å². The van der Waals surface area contributed by atoms with Gasteiger partial charge in [0.2, 0.25) is 0 Å². The van der Waals surface area contributed by atoms with Crippen molar-refractivity contribution < 1.29 is 22.3 Å². The van der Waals surface area contributed by atoms with Crippen LogP contribution in [0.4, 0.5) is 8.78 Å². The second-order valence-corrected chi connectivity index (χ2v) is 6.18. The molecule has 2 rings (SSSR count). The second-order valence-electron chi connectivity index (χ2n) is 4.37. The molecule has 0 saturated carbocycles. The predicted octanol–water partition coefficient (Wildman–Crippen LogP) is 2.12. The molecule has 1 aromatic heterocycles. The first-order chi connectivity index (χ1) is 9.29. The molecule has 1 heterocycles. The van der Waals surface area contributed by atoms with Crippen LogP contribution in [-0.2, 0) is 15.9 Å². The maximum absolute atomic E-state index is 13.6. The fraction of sp³-hybridized carbons (Fsp3) is 0.231. The quantitative estimate of drug-likeness (QED) is 0.941. The number of halogens is 2. The van der Waals surface area contributed by atoms with E-state index >= 15 is 0 Å². The van der Waals surface area contributed by atoms with Crippen molar-refractivity contribution in [2.45, 2.75) is 17.7 Å². The van der Waals surface area contributed by atoms with Gasteiger partial charge in [0.05, 0.1) is 4.90 Å². The third-order valence-electron chi connectivity index (χ3n) is 2.86. The van der Waals surface area contributed by atoms with Crippen molar-refractivity contribution in [3.8, 4) is 0 Å². The highest BCUT2D eigenvalue weighted by Gasteiger charge is 2.36. The molecule has 2 aromatic rings. The average molecular weight is 301 g/mol. The molecule has 1 aromatic carbocycles. The second kappa shape index (κ2) is 4.99. The van der Waals surface area contributed by atoms with Crippen molar-refractivity contribution in [1.29, 1.82) is 0 Å². The lowest BCUT2D eigenvalue weighted by molar-refractivity contribution is -0.0597. The summed E-state index contributed by atoms with van der Waals surface area (Å²) in [7, 11) is -4.11. The Morgan fingerprint density at radius 1 is 1.20 bits per heavy atom. The third kappa shape index (κ3) is 2.46. The number of nitrogens with zero attached hydrogens (tertiary/aromatic N) is 1. The van der Waals surface area contributed by atoms with E-state index in [1.165, 1.54) is 18.2 Å². The zero-order valence-corrected chi connectivity index (χ0v) is 11.4. The molecule has 4 nitrogen and oxygen atoms in total. The van der Waals surface area contributed by atoms with Gasteiger partial charge in [0.1, 0.15) is 12.3 Å². The molecule has 0 saturated heterocycles. The van der Waals surface area contributed by atoms with Gasteiger partial charge in [-0.3, -0.25) is 0 Å². The number of aromatic nitrogens is 1. The van der Waals surface area contributed by atoms with Crippen LogP contribution in [0.2, 0.25) is 0 Å². The summed E-state index contributed by atoms with van der Waals surface area (Å²) in [6.45, 7) is 0.331. The highest BCUT2D eigenvalue weighted by atomic mass is 32.2. The first-order valence-electron chi connectivity index (χ1n) is 5.78. The van der Waals surface area contributed by atoms with Crippen molar-refractivity contribution >= 4 is 10.0 Å². The highest BCUT2D eigenvalue weighted by molar-refractivity contribution is 7.90. The summed E-state index contributed by atoms with van der Waals surface area (Å²) in [5.41, 5.74) is 0.0953. The Hall–Kier alpha value is -1.73. The summed E-state index contributed by atoms with van der Waals surface area (Å²) >= 11 is 0. The average Bonchev–Trinajstić information content (AvgIpc) is 2.90. The van der Waals surface area contributed by atoms with Gasteiger partial charge in [-0.05, 0) is 31.2 Å². The number of aliphatic hydroxyl groups excluding tert-OH is 1. The Bertz CT molecular complexity index is 705. The molecule has 0 atom stereocenters. The summed E-state index contributed by atoms with van der Waals surface area (Å²) < 4.78 is 52.3. The van der Waals surface area contributed by atoms with Gasteiger partial charge in [0.15, 0.2) is 0 Å². The Balaban J connectivity index is 2.57. The number of rotatable bonds is 4. The van der Waals surface area contributed by atoms with Crippen LogP contribution in [0.1, 0.15) is 11.3 Å². The molecule has 0 aliphatic heterocycles. The number of hydrogen-bond donors (Lipinski definition) is 1. The molecular formula is C13H13F2NO3S. The molecule has 0 radical (unpaired) electrons. The summed E-state index contributed by atoms with van der Waals surface area (Å²) in [6.07, 6.45) is 1.04. The molecular weight excluding hydrogens is 288 g/mol. The van der Waals surface area contributed by atoms with Crippen molar-refractivity contribution in [1.82, 2.24) is 3.97 Å². The Labute approximate surface area is 115 Å². The van der Waals surface area contributed by atoms with Crippen LogP contribution in [-0.4, -0.2) is 24.1 Å². The molecule has 0 amide bonds. The van der Waals surface area contributed by atoms with E-state index in [4.69, 9.17) is 5.11 Å². The number of alkyl halides is 2. The minimum absolute atomic E-state index is 0.0886. The molecule has 20 heavy (non-hydrogen) atoms. The largest absolute Gasteiger partial charge is 0.390 e. The van der Waals surface area contributed by atoms with Gasteiger partial charge < -0.3 is 5.11 Å². The van der Waals surface area contributed by atoms with Crippen LogP contribution in [0.3, 0.4) is 0 Å². The molecule has 108 valence electrons. The lowest BCUT2D eigenvalue weighted by Gasteiger charge is -2.17. The zero-order chi connectivity index (χ0) is 15.0. The van der Waals surface area contributed by atoms with E-state index in [1.54, 1.807) is 19.1 Å². The van der Waals surface area contributed by atoms with Crippen LogP contribution in [0, 0.1) is 6.92 Å². The molecule has 0 spiro atoms. The maximum Gasteiger partial charge on any atom is 0.311 e. The lowest BCUT2D eigenvalue weighted by atomic mass is 10.2. The van der Waals surface area contributed by atoms with Gasteiger partial charge in [0, 0.05) is 6.20 Å². The van der Waals surface area contributed by atoms with E-state index in [1.807, 2.05) is 0 Å². The van der Waals surface area contributed by atoms with Crippen molar-refractivity contribution in [3.05, 3.63) is 53.9 Å². The van der Waals surface area contributed by atoms with E-state index in [0.29, 0.717) is 3.97 Å². The smallest absolute Gasteiger partial charge is 0.311 e. The van der Waals surface area contributed by atoms with E-state index < -0.39 is 28.2 Å². The number of aliphatic hydroxyl groups is 1. The minimum atomic E-state index is -4.11. The monoisotopic (exact) mass is 301 g/mol. The van der Waals surface area contributed by atoms with Crippen LogP contribution < -0.4 is 0 Å². The zero-order valence-electron chi connectivity index (χ0n) is 10.6. The molecule has 0 aliphatic carbocycles. The third-order valence-corrected chi connectivity index (χ3v) is 4.57.